The van der Waals surface area contributed by atoms with Gasteiger partial charge in [-0.3, -0.25) is 4.79 Å². The average molecular weight is 413 g/mol. The van der Waals surface area contributed by atoms with Crippen LogP contribution in [0.4, 0.5) is 0 Å². The number of amides is 1. The highest BCUT2D eigenvalue weighted by Crippen LogP contribution is 2.32. The highest BCUT2D eigenvalue weighted by atomic mass is 79.9. The van der Waals surface area contributed by atoms with Crippen LogP contribution in [0.3, 0.4) is 0 Å². The van der Waals surface area contributed by atoms with Crippen molar-refractivity contribution in [2.24, 2.45) is 0 Å². The fourth-order valence-corrected chi connectivity index (χ4v) is 2.96. The van der Waals surface area contributed by atoms with Crippen molar-refractivity contribution in [3.05, 3.63) is 63.0 Å². The van der Waals surface area contributed by atoms with Crippen molar-refractivity contribution in [2.45, 2.75) is 6.10 Å². The Labute approximate surface area is 141 Å². The molecule has 0 aromatic heterocycles. The molecule has 21 heavy (non-hydrogen) atoms. The molecule has 0 aliphatic heterocycles. The van der Waals surface area contributed by atoms with E-state index in [-0.39, 0.29) is 5.91 Å². The standard InChI is InChI=1S/C16H15Br2NO2/c1-19(2)16(20)15(11-6-4-3-5-7-11)21-14-9-8-12(17)10-13(14)18/h3-10,15H,1-2H3/t15-/m0/s1. The van der Waals surface area contributed by atoms with E-state index in [0.29, 0.717) is 5.75 Å². The molecule has 3 nitrogen and oxygen atoms in total. The van der Waals surface area contributed by atoms with Crippen LogP contribution in [-0.4, -0.2) is 24.9 Å². The molecule has 0 N–H and O–H groups in total. The normalized spacial score (nSPS) is 11.8. The van der Waals surface area contributed by atoms with E-state index < -0.39 is 6.10 Å². The summed E-state index contributed by atoms with van der Waals surface area (Å²) in [5, 5.41) is 0. The zero-order valence-corrected chi connectivity index (χ0v) is 14.9. The van der Waals surface area contributed by atoms with Gasteiger partial charge in [0.15, 0.2) is 0 Å². The summed E-state index contributed by atoms with van der Waals surface area (Å²) in [5.74, 6) is 0.526. The predicted octanol–water partition coefficient (Wildman–Crippen LogP) is 4.42. The van der Waals surface area contributed by atoms with Gasteiger partial charge in [-0.25, -0.2) is 0 Å². The highest BCUT2D eigenvalue weighted by Gasteiger charge is 2.24. The lowest BCUT2D eigenvalue weighted by Gasteiger charge is -2.22. The van der Waals surface area contributed by atoms with Gasteiger partial charge in [0.2, 0.25) is 6.10 Å². The van der Waals surface area contributed by atoms with Gasteiger partial charge in [0.05, 0.1) is 4.47 Å². The maximum atomic E-state index is 12.4. The van der Waals surface area contributed by atoms with Crippen LogP contribution in [0.2, 0.25) is 0 Å². The van der Waals surface area contributed by atoms with Crippen molar-refractivity contribution >= 4 is 37.8 Å². The molecule has 5 heteroatoms. The zero-order valence-electron chi connectivity index (χ0n) is 11.7. The van der Waals surface area contributed by atoms with Crippen molar-refractivity contribution in [3.63, 3.8) is 0 Å². The van der Waals surface area contributed by atoms with Crippen LogP contribution < -0.4 is 4.74 Å². The maximum Gasteiger partial charge on any atom is 0.267 e. The first-order chi connectivity index (χ1) is 9.99. The zero-order chi connectivity index (χ0) is 15.4. The summed E-state index contributed by atoms with van der Waals surface area (Å²) < 4.78 is 7.69. The van der Waals surface area contributed by atoms with E-state index in [4.69, 9.17) is 4.74 Å². The Bertz CT molecular complexity index is 629. The van der Waals surface area contributed by atoms with Crippen LogP contribution in [0.25, 0.3) is 0 Å². The van der Waals surface area contributed by atoms with E-state index in [1.807, 2.05) is 48.5 Å². The van der Waals surface area contributed by atoms with Gasteiger partial charge in [-0.05, 0) is 34.1 Å². The molecule has 0 fully saturated rings. The van der Waals surface area contributed by atoms with Crippen molar-refractivity contribution in [1.29, 1.82) is 0 Å². The molecular formula is C16H15Br2NO2. The maximum absolute atomic E-state index is 12.4. The number of ether oxygens (including phenoxy) is 1. The summed E-state index contributed by atoms with van der Waals surface area (Å²) in [7, 11) is 3.44. The van der Waals surface area contributed by atoms with Crippen LogP contribution in [0.1, 0.15) is 11.7 Å². The molecule has 1 amide bonds. The molecule has 2 aromatic carbocycles. The van der Waals surface area contributed by atoms with Gasteiger partial charge in [0.25, 0.3) is 5.91 Å². The van der Waals surface area contributed by atoms with Gasteiger partial charge >= 0.3 is 0 Å². The summed E-state index contributed by atoms with van der Waals surface area (Å²) in [6.45, 7) is 0. The Morgan fingerprint density at radius 2 is 1.76 bits per heavy atom. The average Bonchev–Trinajstić information content (AvgIpc) is 2.46. The fraction of sp³-hybridized carbons (Fsp3) is 0.188. The first-order valence-electron chi connectivity index (χ1n) is 6.37. The summed E-state index contributed by atoms with van der Waals surface area (Å²) in [5.41, 5.74) is 0.825. The Balaban J connectivity index is 2.34. The van der Waals surface area contributed by atoms with Crippen molar-refractivity contribution < 1.29 is 9.53 Å². The Kier molecular flexibility index (Phi) is 5.42. The summed E-state index contributed by atoms with van der Waals surface area (Å²) in [6.07, 6.45) is -0.668. The van der Waals surface area contributed by atoms with E-state index in [9.17, 15) is 4.79 Å². The number of benzene rings is 2. The molecular weight excluding hydrogens is 398 g/mol. The minimum absolute atomic E-state index is 0.101. The second-order valence-electron chi connectivity index (χ2n) is 4.72. The van der Waals surface area contributed by atoms with Crippen LogP contribution in [-0.2, 0) is 4.79 Å². The molecule has 0 heterocycles. The number of nitrogens with zero attached hydrogens (tertiary/aromatic N) is 1. The first-order valence-corrected chi connectivity index (χ1v) is 7.95. The fourth-order valence-electron chi connectivity index (χ4n) is 1.82. The SMILES string of the molecule is CN(C)C(=O)[C@@H](Oc1ccc(Br)cc1Br)c1ccccc1. The van der Waals surface area contributed by atoms with Gasteiger partial charge in [0, 0.05) is 24.1 Å². The number of rotatable bonds is 4. The van der Waals surface area contributed by atoms with Gasteiger partial charge in [-0.1, -0.05) is 46.3 Å². The third-order valence-electron chi connectivity index (χ3n) is 2.91. The Morgan fingerprint density at radius 3 is 2.33 bits per heavy atom. The van der Waals surface area contributed by atoms with Crippen molar-refractivity contribution in [1.82, 2.24) is 4.90 Å². The molecule has 0 saturated heterocycles. The topological polar surface area (TPSA) is 29.5 Å². The largest absolute Gasteiger partial charge is 0.475 e. The monoisotopic (exact) mass is 411 g/mol. The minimum Gasteiger partial charge on any atom is -0.475 e. The van der Waals surface area contributed by atoms with Crippen molar-refractivity contribution in [2.75, 3.05) is 14.1 Å². The van der Waals surface area contributed by atoms with Gasteiger partial charge in [0.1, 0.15) is 5.75 Å². The number of carbonyl (C=O) groups excluding carboxylic acids is 1. The molecule has 0 saturated carbocycles. The van der Waals surface area contributed by atoms with E-state index in [2.05, 4.69) is 31.9 Å². The number of hydrogen-bond donors (Lipinski definition) is 0. The van der Waals surface area contributed by atoms with E-state index in [1.54, 1.807) is 14.1 Å². The van der Waals surface area contributed by atoms with Crippen LogP contribution >= 0.6 is 31.9 Å². The summed E-state index contributed by atoms with van der Waals surface area (Å²) in [6, 6.07) is 15.1. The molecule has 0 aliphatic rings. The van der Waals surface area contributed by atoms with Gasteiger partial charge in [-0.15, -0.1) is 0 Å². The second-order valence-corrected chi connectivity index (χ2v) is 6.49. The molecule has 0 bridgehead atoms. The van der Waals surface area contributed by atoms with Crippen molar-refractivity contribution in [3.8, 4) is 5.75 Å². The second kappa shape index (κ2) is 7.09. The van der Waals surface area contributed by atoms with E-state index >= 15 is 0 Å². The van der Waals surface area contributed by atoms with Gasteiger partial charge < -0.3 is 9.64 Å². The third kappa shape index (κ3) is 4.08. The number of carbonyl (C=O) groups is 1. The predicted molar refractivity (Wildman–Crippen MR) is 90.3 cm³/mol. The van der Waals surface area contributed by atoms with Gasteiger partial charge in [-0.2, -0.15) is 0 Å². The molecule has 2 rings (SSSR count). The van der Waals surface area contributed by atoms with Crippen LogP contribution in [0.5, 0.6) is 5.75 Å². The first kappa shape index (κ1) is 16.0. The highest BCUT2D eigenvalue weighted by molar-refractivity contribution is 9.11. The Morgan fingerprint density at radius 1 is 1.10 bits per heavy atom. The molecule has 2 aromatic rings. The molecule has 0 radical (unpaired) electrons. The van der Waals surface area contributed by atoms with Crippen LogP contribution in [0.15, 0.2) is 57.5 Å². The molecule has 0 unspecified atom stereocenters. The lowest BCUT2D eigenvalue weighted by molar-refractivity contribution is -0.136. The third-order valence-corrected chi connectivity index (χ3v) is 4.02. The Hall–Kier alpha value is -1.33. The lowest BCUT2D eigenvalue weighted by atomic mass is 10.1. The summed E-state index contributed by atoms with van der Waals surface area (Å²) in [4.78, 5) is 13.9. The lowest BCUT2D eigenvalue weighted by Crippen LogP contribution is -2.31. The number of likely N-dealkylation sites (N-methyl/N-ethyl adjacent to an activating group) is 1. The van der Waals surface area contributed by atoms with E-state index in [0.717, 1.165) is 14.5 Å². The molecule has 0 spiro atoms. The summed E-state index contributed by atoms with van der Waals surface area (Å²) >= 11 is 6.85. The molecule has 1 atom stereocenters. The number of halogens is 2. The quantitative estimate of drug-likeness (QED) is 0.743. The smallest absolute Gasteiger partial charge is 0.267 e. The number of hydrogen-bond acceptors (Lipinski definition) is 2. The van der Waals surface area contributed by atoms with E-state index in [1.165, 1.54) is 4.90 Å². The minimum atomic E-state index is -0.668. The molecule has 0 aliphatic carbocycles. The molecule has 110 valence electrons. The van der Waals surface area contributed by atoms with Crippen LogP contribution in [0, 0.1) is 0 Å².